The SMILES string of the molecule is CC1CC(C)N(CCO)c2ccccc21. The van der Waals surface area contributed by atoms with Crippen molar-refractivity contribution in [3.8, 4) is 0 Å². The summed E-state index contributed by atoms with van der Waals surface area (Å²) in [6.07, 6.45) is 1.18. The summed E-state index contributed by atoms with van der Waals surface area (Å²) in [5.41, 5.74) is 2.72. The minimum absolute atomic E-state index is 0.229. The first-order valence-electron chi connectivity index (χ1n) is 5.70. The van der Waals surface area contributed by atoms with Gasteiger partial charge in [-0.25, -0.2) is 0 Å². The molecule has 2 atom stereocenters. The van der Waals surface area contributed by atoms with Crippen molar-refractivity contribution in [2.75, 3.05) is 18.1 Å². The van der Waals surface area contributed by atoms with Crippen molar-refractivity contribution in [1.82, 2.24) is 0 Å². The molecule has 2 rings (SSSR count). The third kappa shape index (κ3) is 1.86. The Kier molecular flexibility index (Phi) is 2.96. The molecule has 0 spiro atoms. The van der Waals surface area contributed by atoms with Gasteiger partial charge in [-0.3, -0.25) is 0 Å². The van der Waals surface area contributed by atoms with Gasteiger partial charge in [-0.15, -0.1) is 0 Å². The van der Waals surface area contributed by atoms with Gasteiger partial charge in [0.05, 0.1) is 6.61 Å². The first-order chi connectivity index (χ1) is 7.24. The van der Waals surface area contributed by atoms with Crippen molar-refractivity contribution in [3.05, 3.63) is 29.8 Å². The molecular weight excluding hydrogens is 186 g/mol. The standard InChI is InChI=1S/C13H19NO/c1-10-9-11(2)14(7-8-15)13-6-4-3-5-12(10)13/h3-6,10-11,15H,7-9H2,1-2H3. The van der Waals surface area contributed by atoms with Gasteiger partial charge >= 0.3 is 0 Å². The molecule has 0 saturated carbocycles. The molecule has 2 nitrogen and oxygen atoms in total. The molecule has 1 aliphatic rings. The molecule has 0 aliphatic carbocycles. The number of aliphatic hydroxyl groups excluding tert-OH is 1. The van der Waals surface area contributed by atoms with Crippen LogP contribution in [0.15, 0.2) is 24.3 Å². The Balaban J connectivity index is 2.37. The Bertz CT molecular complexity index is 337. The average molecular weight is 205 g/mol. The lowest BCUT2D eigenvalue weighted by Gasteiger charge is -2.39. The Hall–Kier alpha value is -1.02. The highest BCUT2D eigenvalue weighted by atomic mass is 16.3. The lowest BCUT2D eigenvalue weighted by molar-refractivity contribution is 0.294. The van der Waals surface area contributed by atoms with E-state index in [1.807, 2.05) is 0 Å². The highest BCUT2D eigenvalue weighted by Crippen LogP contribution is 2.37. The first-order valence-corrected chi connectivity index (χ1v) is 5.70. The summed E-state index contributed by atoms with van der Waals surface area (Å²) in [6.45, 7) is 5.49. The fourth-order valence-electron chi connectivity index (χ4n) is 2.62. The molecule has 1 aliphatic heterocycles. The predicted molar refractivity (Wildman–Crippen MR) is 63.4 cm³/mol. The summed E-state index contributed by atoms with van der Waals surface area (Å²) in [4.78, 5) is 2.31. The zero-order valence-electron chi connectivity index (χ0n) is 9.48. The van der Waals surface area contributed by atoms with Gasteiger partial charge in [0.1, 0.15) is 0 Å². The summed E-state index contributed by atoms with van der Waals surface area (Å²) in [7, 11) is 0. The average Bonchev–Trinajstić information content (AvgIpc) is 2.24. The fraction of sp³-hybridized carbons (Fsp3) is 0.538. The number of nitrogens with zero attached hydrogens (tertiary/aromatic N) is 1. The van der Waals surface area contributed by atoms with Crippen molar-refractivity contribution in [1.29, 1.82) is 0 Å². The fourth-order valence-corrected chi connectivity index (χ4v) is 2.62. The molecule has 1 aromatic carbocycles. The van der Waals surface area contributed by atoms with Crippen molar-refractivity contribution < 1.29 is 5.11 Å². The van der Waals surface area contributed by atoms with Crippen LogP contribution in [0.1, 0.15) is 31.7 Å². The molecule has 2 unspecified atom stereocenters. The summed E-state index contributed by atoms with van der Waals surface area (Å²) in [6, 6.07) is 9.08. The van der Waals surface area contributed by atoms with Crippen LogP contribution in [0, 0.1) is 0 Å². The third-order valence-corrected chi connectivity index (χ3v) is 3.34. The van der Waals surface area contributed by atoms with Crippen LogP contribution in [0.25, 0.3) is 0 Å². The zero-order valence-corrected chi connectivity index (χ0v) is 9.48. The van der Waals surface area contributed by atoms with Crippen LogP contribution in [0.2, 0.25) is 0 Å². The molecule has 0 aromatic heterocycles. The van der Waals surface area contributed by atoms with Gasteiger partial charge in [-0.1, -0.05) is 25.1 Å². The molecule has 2 heteroatoms. The molecule has 15 heavy (non-hydrogen) atoms. The first kappa shape index (κ1) is 10.5. The van der Waals surface area contributed by atoms with Crippen molar-refractivity contribution in [2.45, 2.75) is 32.2 Å². The van der Waals surface area contributed by atoms with E-state index in [4.69, 9.17) is 5.11 Å². The lowest BCUT2D eigenvalue weighted by atomic mass is 9.87. The smallest absolute Gasteiger partial charge is 0.0606 e. The number of fused-ring (bicyclic) bond motifs is 1. The highest BCUT2D eigenvalue weighted by Gasteiger charge is 2.26. The van der Waals surface area contributed by atoms with Gasteiger partial charge in [0.15, 0.2) is 0 Å². The summed E-state index contributed by atoms with van der Waals surface area (Å²) >= 11 is 0. The molecule has 0 amide bonds. The van der Waals surface area contributed by atoms with Crippen LogP contribution < -0.4 is 4.90 Å². The Morgan fingerprint density at radius 2 is 2.07 bits per heavy atom. The largest absolute Gasteiger partial charge is 0.395 e. The maximum Gasteiger partial charge on any atom is 0.0606 e. The molecule has 0 fully saturated rings. The molecule has 1 heterocycles. The van der Waals surface area contributed by atoms with Gasteiger partial charge in [0.2, 0.25) is 0 Å². The van der Waals surface area contributed by atoms with E-state index in [0.717, 1.165) is 6.54 Å². The number of para-hydroxylation sites is 1. The maximum absolute atomic E-state index is 9.09. The minimum atomic E-state index is 0.229. The van der Waals surface area contributed by atoms with Gasteiger partial charge in [0.25, 0.3) is 0 Å². The van der Waals surface area contributed by atoms with Gasteiger partial charge in [0, 0.05) is 18.3 Å². The van der Waals surface area contributed by atoms with Crippen LogP contribution >= 0.6 is 0 Å². The van der Waals surface area contributed by atoms with Gasteiger partial charge in [-0.2, -0.15) is 0 Å². The molecule has 0 radical (unpaired) electrons. The molecule has 82 valence electrons. The van der Waals surface area contributed by atoms with Gasteiger partial charge < -0.3 is 10.0 Å². The number of aliphatic hydroxyl groups is 1. The summed E-state index contributed by atoms with van der Waals surface area (Å²) in [5, 5.41) is 9.09. The maximum atomic E-state index is 9.09. The van der Waals surface area contributed by atoms with E-state index < -0.39 is 0 Å². The van der Waals surface area contributed by atoms with Crippen LogP contribution in [0.3, 0.4) is 0 Å². The van der Waals surface area contributed by atoms with E-state index in [2.05, 4.69) is 43.0 Å². The number of hydrogen-bond donors (Lipinski definition) is 1. The molecule has 1 aromatic rings. The van der Waals surface area contributed by atoms with Crippen molar-refractivity contribution >= 4 is 5.69 Å². The Labute approximate surface area is 91.5 Å². The molecule has 0 saturated heterocycles. The number of anilines is 1. The van der Waals surface area contributed by atoms with E-state index in [0.29, 0.717) is 12.0 Å². The topological polar surface area (TPSA) is 23.5 Å². The van der Waals surface area contributed by atoms with Crippen LogP contribution in [0.5, 0.6) is 0 Å². The summed E-state index contributed by atoms with van der Waals surface area (Å²) in [5.74, 6) is 0.631. The Morgan fingerprint density at radius 1 is 1.33 bits per heavy atom. The van der Waals surface area contributed by atoms with Crippen LogP contribution in [-0.2, 0) is 0 Å². The second kappa shape index (κ2) is 4.23. The molecular formula is C13H19NO. The molecule has 0 bridgehead atoms. The highest BCUT2D eigenvalue weighted by molar-refractivity contribution is 5.57. The normalized spacial score (nSPS) is 25.1. The monoisotopic (exact) mass is 205 g/mol. The second-order valence-electron chi connectivity index (χ2n) is 4.46. The van der Waals surface area contributed by atoms with E-state index in [9.17, 15) is 0 Å². The quantitative estimate of drug-likeness (QED) is 0.801. The number of hydrogen-bond acceptors (Lipinski definition) is 2. The lowest BCUT2D eigenvalue weighted by Crippen LogP contribution is -2.40. The number of β-amino-alcohol motifs (C(OH)–C–C–N with tert-alkyl or cyclic N) is 1. The van der Waals surface area contributed by atoms with E-state index >= 15 is 0 Å². The van der Waals surface area contributed by atoms with Crippen molar-refractivity contribution in [2.24, 2.45) is 0 Å². The van der Waals surface area contributed by atoms with Crippen LogP contribution in [0.4, 0.5) is 5.69 Å². The van der Waals surface area contributed by atoms with Crippen LogP contribution in [-0.4, -0.2) is 24.3 Å². The van der Waals surface area contributed by atoms with E-state index in [1.54, 1.807) is 0 Å². The van der Waals surface area contributed by atoms with E-state index in [-0.39, 0.29) is 6.61 Å². The minimum Gasteiger partial charge on any atom is -0.395 e. The Morgan fingerprint density at radius 3 is 2.80 bits per heavy atom. The van der Waals surface area contributed by atoms with E-state index in [1.165, 1.54) is 17.7 Å². The zero-order chi connectivity index (χ0) is 10.8. The summed E-state index contributed by atoms with van der Waals surface area (Å²) < 4.78 is 0. The third-order valence-electron chi connectivity index (χ3n) is 3.34. The second-order valence-corrected chi connectivity index (χ2v) is 4.46. The molecule has 1 N–H and O–H groups in total. The number of rotatable bonds is 2. The van der Waals surface area contributed by atoms with Crippen molar-refractivity contribution in [3.63, 3.8) is 0 Å². The number of benzene rings is 1. The predicted octanol–water partition coefficient (Wildman–Crippen LogP) is 2.38. The van der Waals surface area contributed by atoms with Gasteiger partial charge in [-0.05, 0) is 30.9 Å².